The molecule has 0 spiro atoms. The summed E-state index contributed by atoms with van der Waals surface area (Å²) in [6.45, 7) is 2.33. The number of carbonyl (C=O) groups excluding carboxylic acids is 1. The summed E-state index contributed by atoms with van der Waals surface area (Å²) in [5.74, 6) is 0. The predicted molar refractivity (Wildman–Crippen MR) is 47.7 cm³/mol. The highest BCUT2D eigenvalue weighted by Crippen LogP contribution is 1.96. The van der Waals surface area contributed by atoms with Crippen molar-refractivity contribution in [3.63, 3.8) is 0 Å². The third kappa shape index (κ3) is 2.63. The lowest BCUT2D eigenvalue weighted by atomic mass is 10.4. The van der Waals surface area contributed by atoms with E-state index in [-0.39, 0.29) is 11.1 Å². The Morgan fingerprint density at radius 2 is 2.08 bits per heavy atom. The van der Waals surface area contributed by atoms with Crippen molar-refractivity contribution in [2.45, 2.75) is 0 Å². The number of hydrogen-bond donors (Lipinski definition) is 2. The minimum absolute atomic E-state index is 0.00601. The normalized spacial score (nSPS) is 17.2. The molecule has 1 saturated heterocycles. The zero-order valence-electron chi connectivity index (χ0n) is 6.58. The number of amides is 2. The van der Waals surface area contributed by atoms with Crippen LogP contribution in [0.3, 0.4) is 0 Å². The molecule has 1 heterocycles. The Morgan fingerprint density at radius 3 is 2.58 bits per heavy atom. The number of rotatable bonds is 0. The molecular formula is C6H11N3O2S. The van der Waals surface area contributed by atoms with E-state index in [0.29, 0.717) is 26.3 Å². The van der Waals surface area contributed by atoms with Gasteiger partial charge in [-0.1, -0.05) is 0 Å². The molecule has 1 fully saturated rings. The molecule has 5 nitrogen and oxygen atoms in total. The van der Waals surface area contributed by atoms with Crippen LogP contribution in [-0.2, 0) is 4.74 Å². The third-order valence-corrected chi connectivity index (χ3v) is 1.63. The summed E-state index contributed by atoms with van der Waals surface area (Å²) >= 11 is 4.53. The summed E-state index contributed by atoms with van der Waals surface area (Å²) < 4.78 is 5.07. The van der Waals surface area contributed by atoms with E-state index in [9.17, 15) is 4.79 Å². The summed E-state index contributed by atoms with van der Waals surface area (Å²) in [5, 5.41) is 2.36. The standard InChI is InChI=1S/C6H11N3O2S/c7-5(12)8-6(10)9-1-3-11-4-2-9/h1-4H2,(H3,7,8,10,12). The average molecular weight is 189 g/mol. The Hall–Kier alpha value is -0.880. The van der Waals surface area contributed by atoms with Crippen molar-refractivity contribution in [1.29, 1.82) is 0 Å². The van der Waals surface area contributed by atoms with E-state index < -0.39 is 0 Å². The molecule has 1 aliphatic heterocycles. The molecule has 0 atom stereocenters. The van der Waals surface area contributed by atoms with Crippen molar-refractivity contribution in [3.8, 4) is 0 Å². The van der Waals surface area contributed by atoms with Gasteiger partial charge in [0.25, 0.3) is 0 Å². The molecule has 0 aromatic heterocycles. The molecule has 1 rings (SSSR count). The van der Waals surface area contributed by atoms with Crippen molar-refractivity contribution in [2.75, 3.05) is 26.3 Å². The smallest absolute Gasteiger partial charge is 0.323 e. The molecule has 0 aromatic rings. The first-order chi connectivity index (χ1) is 5.70. The van der Waals surface area contributed by atoms with E-state index in [2.05, 4.69) is 17.5 Å². The fourth-order valence-electron chi connectivity index (χ4n) is 0.951. The topological polar surface area (TPSA) is 67.6 Å². The minimum Gasteiger partial charge on any atom is -0.378 e. The second kappa shape index (κ2) is 4.22. The maximum absolute atomic E-state index is 11.2. The molecule has 0 saturated carbocycles. The second-order valence-corrected chi connectivity index (χ2v) is 2.83. The number of nitrogens with one attached hydrogen (secondary N) is 1. The number of nitrogens with two attached hydrogens (primary N) is 1. The second-order valence-electron chi connectivity index (χ2n) is 2.39. The van der Waals surface area contributed by atoms with Crippen LogP contribution in [0.1, 0.15) is 0 Å². The zero-order valence-corrected chi connectivity index (χ0v) is 7.39. The Labute approximate surface area is 75.8 Å². The Balaban J connectivity index is 2.34. The number of urea groups is 1. The van der Waals surface area contributed by atoms with Crippen LogP contribution < -0.4 is 11.1 Å². The maximum atomic E-state index is 11.2. The van der Waals surface area contributed by atoms with Crippen LogP contribution >= 0.6 is 12.2 Å². The first kappa shape index (κ1) is 9.21. The lowest BCUT2D eigenvalue weighted by molar-refractivity contribution is 0.0543. The van der Waals surface area contributed by atoms with Crippen LogP contribution in [0.2, 0.25) is 0 Å². The van der Waals surface area contributed by atoms with E-state index in [0.717, 1.165) is 0 Å². The van der Waals surface area contributed by atoms with Gasteiger partial charge in [-0.2, -0.15) is 0 Å². The Kier molecular flexibility index (Phi) is 3.24. The van der Waals surface area contributed by atoms with Gasteiger partial charge in [0.05, 0.1) is 13.2 Å². The number of carbonyl (C=O) groups is 1. The van der Waals surface area contributed by atoms with E-state index in [1.165, 1.54) is 0 Å². The van der Waals surface area contributed by atoms with Crippen molar-refractivity contribution in [2.24, 2.45) is 5.73 Å². The summed E-state index contributed by atoms with van der Waals surface area (Å²) in [5.41, 5.74) is 5.14. The monoisotopic (exact) mass is 189 g/mol. The molecule has 0 radical (unpaired) electrons. The number of hydrogen-bond acceptors (Lipinski definition) is 3. The van der Waals surface area contributed by atoms with Crippen LogP contribution in [0.15, 0.2) is 0 Å². The molecule has 0 aliphatic carbocycles. The Bertz CT molecular complexity index is 191. The fraction of sp³-hybridized carbons (Fsp3) is 0.667. The Morgan fingerprint density at radius 1 is 1.50 bits per heavy atom. The van der Waals surface area contributed by atoms with E-state index in [1.54, 1.807) is 4.90 Å². The quantitative estimate of drug-likeness (QED) is 0.493. The third-order valence-electron chi connectivity index (χ3n) is 1.53. The van der Waals surface area contributed by atoms with Crippen LogP contribution in [0.25, 0.3) is 0 Å². The van der Waals surface area contributed by atoms with E-state index in [4.69, 9.17) is 10.5 Å². The van der Waals surface area contributed by atoms with Crippen molar-refractivity contribution >= 4 is 23.4 Å². The molecule has 68 valence electrons. The van der Waals surface area contributed by atoms with Crippen molar-refractivity contribution < 1.29 is 9.53 Å². The number of morpholine rings is 1. The van der Waals surface area contributed by atoms with Gasteiger partial charge < -0.3 is 15.4 Å². The number of ether oxygens (including phenoxy) is 1. The maximum Gasteiger partial charge on any atom is 0.323 e. The van der Waals surface area contributed by atoms with E-state index >= 15 is 0 Å². The number of thiocarbonyl (C=S) groups is 1. The van der Waals surface area contributed by atoms with Gasteiger partial charge in [-0.25, -0.2) is 4.79 Å². The van der Waals surface area contributed by atoms with Gasteiger partial charge in [-0.05, 0) is 12.2 Å². The summed E-state index contributed by atoms with van der Waals surface area (Å²) in [4.78, 5) is 12.8. The molecule has 1 aliphatic rings. The van der Waals surface area contributed by atoms with Crippen LogP contribution in [0.4, 0.5) is 4.79 Å². The van der Waals surface area contributed by atoms with Gasteiger partial charge in [-0.15, -0.1) is 0 Å². The first-order valence-electron chi connectivity index (χ1n) is 3.63. The van der Waals surface area contributed by atoms with Gasteiger partial charge >= 0.3 is 6.03 Å². The fourth-order valence-corrected chi connectivity index (χ4v) is 1.04. The van der Waals surface area contributed by atoms with Crippen LogP contribution in [0, 0.1) is 0 Å². The molecule has 2 amide bonds. The zero-order chi connectivity index (χ0) is 8.97. The summed E-state index contributed by atoms with van der Waals surface area (Å²) in [7, 11) is 0. The molecule has 0 unspecified atom stereocenters. The predicted octanol–water partition coefficient (Wildman–Crippen LogP) is -0.728. The van der Waals surface area contributed by atoms with Crippen LogP contribution in [0.5, 0.6) is 0 Å². The van der Waals surface area contributed by atoms with Crippen molar-refractivity contribution in [3.05, 3.63) is 0 Å². The highest BCUT2D eigenvalue weighted by atomic mass is 32.1. The molecule has 12 heavy (non-hydrogen) atoms. The highest BCUT2D eigenvalue weighted by molar-refractivity contribution is 7.80. The minimum atomic E-state index is -0.245. The molecule has 6 heteroatoms. The lowest BCUT2D eigenvalue weighted by Crippen LogP contribution is -2.49. The largest absolute Gasteiger partial charge is 0.378 e. The lowest BCUT2D eigenvalue weighted by Gasteiger charge is -2.26. The summed E-state index contributed by atoms with van der Waals surface area (Å²) in [6.07, 6.45) is 0. The molecule has 0 bridgehead atoms. The van der Waals surface area contributed by atoms with Crippen LogP contribution in [-0.4, -0.2) is 42.3 Å². The highest BCUT2D eigenvalue weighted by Gasteiger charge is 2.16. The van der Waals surface area contributed by atoms with E-state index in [1.807, 2.05) is 0 Å². The summed E-state index contributed by atoms with van der Waals surface area (Å²) in [6, 6.07) is -0.245. The van der Waals surface area contributed by atoms with Gasteiger partial charge in [0.15, 0.2) is 5.11 Å². The first-order valence-corrected chi connectivity index (χ1v) is 4.04. The molecule has 0 aromatic carbocycles. The van der Waals surface area contributed by atoms with Gasteiger partial charge in [0.1, 0.15) is 0 Å². The van der Waals surface area contributed by atoms with Gasteiger partial charge in [0, 0.05) is 13.1 Å². The molecular weight excluding hydrogens is 178 g/mol. The van der Waals surface area contributed by atoms with Gasteiger partial charge in [0.2, 0.25) is 0 Å². The average Bonchev–Trinajstić information content (AvgIpc) is 2.05. The number of nitrogens with zero attached hydrogens (tertiary/aromatic N) is 1. The van der Waals surface area contributed by atoms with Gasteiger partial charge in [-0.3, -0.25) is 5.32 Å². The molecule has 3 N–H and O–H groups in total. The SMILES string of the molecule is NC(=S)NC(=O)N1CCOCC1. The van der Waals surface area contributed by atoms with Crippen molar-refractivity contribution in [1.82, 2.24) is 10.2 Å².